The Morgan fingerprint density at radius 1 is 1.19 bits per heavy atom. The molecule has 0 aromatic rings. The molecule has 0 amide bonds. The van der Waals surface area contributed by atoms with E-state index in [1.54, 1.807) is 0 Å². The second kappa shape index (κ2) is 6.58. The van der Waals surface area contributed by atoms with Gasteiger partial charge in [-0.05, 0) is 45.2 Å². The highest BCUT2D eigenvalue weighted by molar-refractivity contribution is 4.84. The molecule has 2 fully saturated rings. The van der Waals surface area contributed by atoms with E-state index in [1.807, 2.05) is 0 Å². The first kappa shape index (κ1) is 12.3. The van der Waals surface area contributed by atoms with E-state index in [0.717, 1.165) is 25.3 Å². The summed E-state index contributed by atoms with van der Waals surface area (Å²) >= 11 is 0. The molecule has 3 heteroatoms. The molecule has 1 atom stereocenters. The van der Waals surface area contributed by atoms with Crippen molar-refractivity contribution in [1.82, 2.24) is 10.2 Å². The van der Waals surface area contributed by atoms with Crippen LogP contribution in [0.2, 0.25) is 0 Å². The smallest absolute Gasteiger partial charge is 0.0480 e. The number of piperidine rings is 1. The third-order valence-electron chi connectivity index (χ3n) is 3.88. The number of ether oxygens (including phenoxy) is 1. The molecule has 0 bridgehead atoms. The van der Waals surface area contributed by atoms with Crippen molar-refractivity contribution >= 4 is 0 Å². The van der Waals surface area contributed by atoms with Crippen LogP contribution >= 0.6 is 0 Å². The zero-order valence-electron chi connectivity index (χ0n) is 10.6. The summed E-state index contributed by atoms with van der Waals surface area (Å²) in [7, 11) is 0. The Balaban J connectivity index is 1.91. The molecule has 2 saturated heterocycles. The molecule has 2 aliphatic rings. The Kier molecular flexibility index (Phi) is 5.07. The number of nitrogens with one attached hydrogen (secondary N) is 1. The molecule has 0 saturated carbocycles. The van der Waals surface area contributed by atoms with Crippen molar-refractivity contribution in [2.75, 3.05) is 32.8 Å². The van der Waals surface area contributed by atoms with Gasteiger partial charge >= 0.3 is 0 Å². The molecule has 0 aromatic heterocycles. The molecule has 2 rings (SSSR count). The van der Waals surface area contributed by atoms with Crippen LogP contribution in [0.15, 0.2) is 0 Å². The van der Waals surface area contributed by atoms with Crippen molar-refractivity contribution in [3.63, 3.8) is 0 Å². The summed E-state index contributed by atoms with van der Waals surface area (Å²) in [6.45, 7) is 7.89. The molecule has 0 aromatic carbocycles. The topological polar surface area (TPSA) is 24.5 Å². The summed E-state index contributed by atoms with van der Waals surface area (Å²) in [6, 6.07) is 1.55. The van der Waals surface area contributed by atoms with Gasteiger partial charge < -0.3 is 10.1 Å². The van der Waals surface area contributed by atoms with Gasteiger partial charge in [0.1, 0.15) is 0 Å². The van der Waals surface area contributed by atoms with Crippen molar-refractivity contribution in [1.29, 1.82) is 0 Å². The maximum Gasteiger partial charge on any atom is 0.0480 e. The molecule has 2 heterocycles. The van der Waals surface area contributed by atoms with E-state index in [-0.39, 0.29) is 0 Å². The van der Waals surface area contributed by atoms with Gasteiger partial charge in [-0.25, -0.2) is 0 Å². The van der Waals surface area contributed by atoms with E-state index in [1.165, 1.54) is 51.7 Å². The number of hydrogen-bond donors (Lipinski definition) is 1. The monoisotopic (exact) mass is 226 g/mol. The second-order valence-electron chi connectivity index (χ2n) is 5.08. The predicted molar refractivity (Wildman–Crippen MR) is 66.7 cm³/mol. The van der Waals surface area contributed by atoms with Crippen molar-refractivity contribution in [2.45, 2.75) is 51.1 Å². The molecular weight excluding hydrogens is 200 g/mol. The number of rotatable bonds is 4. The average Bonchev–Trinajstić information content (AvgIpc) is 2.38. The van der Waals surface area contributed by atoms with Gasteiger partial charge in [0, 0.05) is 31.8 Å². The lowest BCUT2D eigenvalue weighted by molar-refractivity contribution is 0.0119. The Morgan fingerprint density at radius 3 is 2.62 bits per heavy atom. The van der Waals surface area contributed by atoms with Gasteiger partial charge in [-0.1, -0.05) is 6.92 Å². The number of nitrogens with zero attached hydrogens (tertiary/aromatic N) is 1. The molecular formula is C13H26N2O. The molecule has 1 unspecified atom stereocenters. The van der Waals surface area contributed by atoms with E-state index in [2.05, 4.69) is 17.1 Å². The van der Waals surface area contributed by atoms with Crippen LogP contribution in [0.5, 0.6) is 0 Å². The minimum absolute atomic E-state index is 0.775. The van der Waals surface area contributed by atoms with Gasteiger partial charge in [0.15, 0.2) is 0 Å². The first-order valence-corrected chi connectivity index (χ1v) is 6.96. The number of hydrogen-bond acceptors (Lipinski definition) is 3. The largest absolute Gasteiger partial charge is 0.381 e. The SMILES string of the molecule is CCCN(C1CCOCC1)C1CCCNC1. The van der Waals surface area contributed by atoms with Crippen molar-refractivity contribution in [3.8, 4) is 0 Å². The highest BCUT2D eigenvalue weighted by Gasteiger charge is 2.28. The quantitative estimate of drug-likeness (QED) is 0.788. The maximum absolute atomic E-state index is 5.47. The molecule has 16 heavy (non-hydrogen) atoms. The lowest BCUT2D eigenvalue weighted by atomic mass is 9.99. The third kappa shape index (κ3) is 3.19. The van der Waals surface area contributed by atoms with E-state index in [4.69, 9.17) is 4.74 Å². The maximum atomic E-state index is 5.47. The highest BCUT2D eigenvalue weighted by atomic mass is 16.5. The van der Waals surface area contributed by atoms with Gasteiger partial charge in [-0.2, -0.15) is 0 Å². The zero-order valence-corrected chi connectivity index (χ0v) is 10.6. The molecule has 3 nitrogen and oxygen atoms in total. The summed E-state index contributed by atoms with van der Waals surface area (Å²) in [5, 5.41) is 3.54. The van der Waals surface area contributed by atoms with Crippen LogP contribution in [-0.4, -0.2) is 49.8 Å². The molecule has 0 spiro atoms. The van der Waals surface area contributed by atoms with Crippen LogP contribution in [0.4, 0.5) is 0 Å². The van der Waals surface area contributed by atoms with Crippen LogP contribution in [0, 0.1) is 0 Å². The van der Waals surface area contributed by atoms with Crippen LogP contribution < -0.4 is 5.32 Å². The Labute approximate surface area is 99.5 Å². The summed E-state index contributed by atoms with van der Waals surface area (Å²) in [4.78, 5) is 2.76. The van der Waals surface area contributed by atoms with E-state index >= 15 is 0 Å². The highest BCUT2D eigenvalue weighted by Crippen LogP contribution is 2.21. The van der Waals surface area contributed by atoms with Crippen molar-refractivity contribution < 1.29 is 4.74 Å². The van der Waals surface area contributed by atoms with Crippen LogP contribution in [-0.2, 0) is 4.74 Å². The molecule has 0 radical (unpaired) electrons. The Bertz CT molecular complexity index is 168. The Hall–Kier alpha value is -0.120. The van der Waals surface area contributed by atoms with Gasteiger partial charge in [0.05, 0.1) is 0 Å². The van der Waals surface area contributed by atoms with Crippen molar-refractivity contribution in [3.05, 3.63) is 0 Å². The first-order valence-electron chi connectivity index (χ1n) is 6.96. The summed E-state index contributed by atoms with van der Waals surface area (Å²) in [6.07, 6.45) is 6.46. The third-order valence-corrected chi connectivity index (χ3v) is 3.88. The average molecular weight is 226 g/mol. The van der Waals surface area contributed by atoms with Crippen molar-refractivity contribution in [2.24, 2.45) is 0 Å². The van der Waals surface area contributed by atoms with Gasteiger partial charge in [-0.15, -0.1) is 0 Å². The lowest BCUT2D eigenvalue weighted by Gasteiger charge is -2.41. The first-order chi connectivity index (χ1) is 7.92. The fourth-order valence-corrected chi connectivity index (χ4v) is 3.05. The fraction of sp³-hybridized carbons (Fsp3) is 1.00. The van der Waals surface area contributed by atoms with Crippen LogP contribution in [0.3, 0.4) is 0 Å². The fourth-order valence-electron chi connectivity index (χ4n) is 3.05. The molecule has 1 N–H and O–H groups in total. The second-order valence-corrected chi connectivity index (χ2v) is 5.08. The normalized spacial score (nSPS) is 28.5. The minimum Gasteiger partial charge on any atom is -0.381 e. The lowest BCUT2D eigenvalue weighted by Crippen LogP contribution is -2.52. The summed E-state index contributed by atoms with van der Waals surface area (Å²) in [5.74, 6) is 0. The minimum atomic E-state index is 0.775. The van der Waals surface area contributed by atoms with E-state index in [0.29, 0.717) is 0 Å². The molecule has 0 aliphatic carbocycles. The van der Waals surface area contributed by atoms with Crippen LogP contribution in [0.1, 0.15) is 39.0 Å². The van der Waals surface area contributed by atoms with Gasteiger partial charge in [0.2, 0.25) is 0 Å². The molecule has 2 aliphatic heterocycles. The summed E-state index contributed by atoms with van der Waals surface area (Å²) in [5.41, 5.74) is 0. The molecule has 94 valence electrons. The van der Waals surface area contributed by atoms with E-state index in [9.17, 15) is 0 Å². The van der Waals surface area contributed by atoms with Gasteiger partial charge in [-0.3, -0.25) is 4.90 Å². The predicted octanol–water partition coefficient (Wildman–Crippen LogP) is 1.63. The van der Waals surface area contributed by atoms with Gasteiger partial charge in [0.25, 0.3) is 0 Å². The summed E-state index contributed by atoms with van der Waals surface area (Å²) < 4.78 is 5.47. The Morgan fingerprint density at radius 2 is 2.00 bits per heavy atom. The standard InChI is InChI=1S/C13H26N2O/c1-2-8-15(12-5-9-16-10-6-12)13-4-3-7-14-11-13/h12-14H,2-11H2,1H3. The zero-order chi connectivity index (χ0) is 11.2. The van der Waals surface area contributed by atoms with E-state index < -0.39 is 0 Å². The van der Waals surface area contributed by atoms with Crippen LogP contribution in [0.25, 0.3) is 0 Å².